The van der Waals surface area contributed by atoms with Gasteiger partial charge in [0.1, 0.15) is 11.9 Å². The van der Waals surface area contributed by atoms with Crippen LogP contribution in [0.1, 0.15) is 100 Å². The van der Waals surface area contributed by atoms with Gasteiger partial charge in [-0.15, -0.1) is 0 Å². The number of rotatable bonds is 12. The molecule has 2 aliphatic rings. The number of alkyl halides is 3. The van der Waals surface area contributed by atoms with Crippen LogP contribution in [0, 0.1) is 29.4 Å². The van der Waals surface area contributed by atoms with Crippen molar-refractivity contribution < 1.29 is 36.3 Å². The minimum atomic E-state index is -3.39. The molecule has 0 bridgehead atoms. The molecule has 3 unspecified atom stereocenters. The van der Waals surface area contributed by atoms with E-state index in [1.807, 2.05) is 0 Å². The number of anilines is 1. The first-order valence-electron chi connectivity index (χ1n) is 16.3. The molecule has 254 valence electrons. The molecule has 2 aliphatic carbocycles. The Bertz CT molecular complexity index is 1340. The lowest BCUT2D eigenvalue weighted by atomic mass is 9.66. The van der Waals surface area contributed by atoms with Crippen molar-refractivity contribution in [1.29, 1.82) is 0 Å². The molecule has 0 saturated heterocycles. The summed E-state index contributed by atoms with van der Waals surface area (Å²) in [7, 11) is 0.906. The first kappa shape index (κ1) is 35.3. The molecule has 13 heteroatoms. The summed E-state index contributed by atoms with van der Waals surface area (Å²) in [4.78, 5) is 40.5. The predicted octanol–water partition coefficient (Wildman–Crippen LogP) is 6.82. The topological polar surface area (TPSA) is 96.3 Å². The van der Waals surface area contributed by atoms with Crippen molar-refractivity contribution in [2.24, 2.45) is 17.8 Å². The molecule has 0 aliphatic heterocycles. The van der Waals surface area contributed by atoms with Gasteiger partial charge in [-0.3, -0.25) is 19.1 Å². The van der Waals surface area contributed by atoms with Crippen LogP contribution in [0.25, 0.3) is 0 Å². The van der Waals surface area contributed by atoms with E-state index in [2.05, 4.69) is 15.7 Å². The largest absolute Gasteiger partial charge is 0.339 e. The Morgan fingerprint density at radius 1 is 0.957 bits per heavy atom. The van der Waals surface area contributed by atoms with E-state index in [1.54, 1.807) is 6.92 Å². The first-order chi connectivity index (χ1) is 21.9. The molecule has 8 nitrogen and oxygen atoms in total. The molecule has 2 fully saturated rings. The van der Waals surface area contributed by atoms with Gasteiger partial charge < -0.3 is 15.5 Å². The molecule has 3 atom stereocenters. The van der Waals surface area contributed by atoms with Crippen molar-refractivity contribution >= 4 is 23.4 Å². The normalized spacial score (nSPS) is 18.3. The smallest absolute Gasteiger partial charge is 0.287 e. The molecule has 3 amide bonds. The number of hydrogen-bond donors (Lipinski definition) is 2. The lowest BCUT2D eigenvalue weighted by Crippen LogP contribution is -2.53. The molecule has 2 saturated carbocycles. The Hall–Kier alpha value is -3.51. The highest BCUT2D eigenvalue weighted by Gasteiger charge is 2.42. The Morgan fingerprint density at radius 3 is 2.07 bits per heavy atom. The molecular weight excluding hydrogens is 609 g/mol. The zero-order valence-electron chi connectivity index (χ0n) is 26.6. The van der Waals surface area contributed by atoms with Crippen LogP contribution in [-0.2, 0) is 16.1 Å². The maximum Gasteiger partial charge on any atom is 0.287 e. The molecule has 0 spiro atoms. The molecule has 1 aromatic heterocycles. The van der Waals surface area contributed by atoms with E-state index in [0.29, 0.717) is 0 Å². The average Bonchev–Trinajstić information content (AvgIpc) is 3.45. The number of likely N-dealkylation sites (N-methyl/N-ethyl adjacent to an activating group) is 1. The van der Waals surface area contributed by atoms with Crippen LogP contribution in [0.5, 0.6) is 0 Å². The number of aryl methyl sites for hydroxylation is 1. The highest BCUT2D eigenvalue weighted by atomic mass is 19.3. The van der Waals surface area contributed by atoms with Crippen LogP contribution < -0.4 is 10.6 Å². The number of carbonyl (C=O) groups excluding carboxylic acids is 3. The third kappa shape index (κ3) is 8.06. The van der Waals surface area contributed by atoms with Crippen LogP contribution in [0.2, 0.25) is 0 Å². The average molecular weight is 654 g/mol. The molecule has 1 heterocycles. The van der Waals surface area contributed by atoms with Crippen molar-refractivity contribution in [3.63, 3.8) is 0 Å². The third-order valence-corrected chi connectivity index (χ3v) is 9.70. The van der Waals surface area contributed by atoms with E-state index in [4.69, 9.17) is 0 Å². The van der Waals surface area contributed by atoms with E-state index < -0.39 is 54.0 Å². The Balaban J connectivity index is 1.63. The van der Waals surface area contributed by atoms with Gasteiger partial charge in [-0.05, 0) is 49.3 Å². The van der Waals surface area contributed by atoms with Gasteiger partial charge in [-0.2, -0.15) is 5.10 Å². The predicted molar refractivity (Wildman–Crippen MR) is 163 cm³/mol. The van der Waals surface area contributed by atoms with Crippen molar-refractivity contribution in [3.05, 3.63) is 47.3 Å². The van der Waals surface area contributed by atoms with Crippen molar-refractivity contribution in [2.75, 3.05) is 12.4 Å². The monoisotopic (exact) mass is 653 g/mol. The second-order valence-corrected chi connectivity index (χ2v) is 12.6. The number of hydrogen-bond acceptors (Lipinski definition) is 4. The fourth-order valence-corrected chi connectivity index (χ4v) is 7.19. The van der Waals surface area contributed by atoms with Gasteiger partial charge in [0.25, 0.3) is 12.3 Å². The van der Waals surface area contributed by atoms with Crippen LogP contribution in [-0.4, -0.2) is 58.2 Å². The van der Waals surface area contributed by atoms with Crippen molar-refractivity contribution in [3.8, 4) is 0 Å². The summed E-state index contributed by atoms with van der Waals surface area (Å²) < 4.78 is 70.8. The number of aromatic nitrogens is 2. The summed E-state index contributed by atoms with van der Waals surface area (Å²) in [6, 6.07) is 2.49. The lowest BCUT2D eigenvalue weighted by Gasteiger charge is -2.42. The van der Waals surface area contributed by atoms with Crippen molar-refractivity contribution in [2.45, 2.75) is 109 Å². The molecule has 46 heavy (non-hydrogen) atoms. The zero-order chi connectivity index (χ0) is 33.5. The third-order valence-electron chi connectivity index (χ3n) is 9.70. The first-order valence-corrected chi connectivity index (χ1v) is 16.3. The highest BCUT2D eigenvalue weighted by molar-refractivity contribution is 6.01. The van der Waals surface area contributed by atoms with Crippen LogP contribution >= 0.6 is 0 Å². The van der Waals surface area contributed by atoms with Crippen LogP contribution in [0.15, 0.2) is 24.4 Å². The number of amides is 3. The molecule has 2 aromatic rings. The van der Waals surface area contributed by atoms with E-state index >= 15 is 4.39 Å². The summed E-state index contributed by atoms with van der Waals surface area (Å²) in [5.41, 5.74) is -0.398. The molecule has 1 aromatic carbocycles. The van der Waals surface area contributed by atoms with E-state index in [1.165, 1.54) is 23.7 Å². The fourth-order valence-electron chi connectivity index (χ4n) is 7.19. The van der Waals surface area contributed by atoms with Gasteiger partial charge >= 0.3 is 0 Å². The lowest BCUT2D eigenvalue weighted by molar-refractivity contribution is -0.143. The molecule has 2 N–H and O–H groups in total. The number of halogens is 5. The maximum absolute atomic E-state index is 15.5. The summed E-state index contributed by atoms with van der Waals surface area (Å²) in [6.45, 7) is 3.29. The number of nitrogens with one attached hydrogen (secondary N) is 2. The zero-order valence-corrected chi connectivity index (χ0v) is 26.6. The van der Waals surface area contributed by atoms with Gasteiger partial charge in [-0.1, -0.05) is 70.3 Å². The summed E-state index contributed by atoms with van der Waals surface area (Å²) >= 11 is 0. The van der Waals surface area contributed by atoms with Crippen LogP contribution in [0.4, 0.5) is 27.6 Å². The van der Waals surface area contributed by atoms with Gasteiger partial charge in [0.05, 0.1) is 17.8 Å². The molecule has 0 radical (unpaired) electrons. The summed E-state index contributed by atoms with van der Waals surface area (Å²) in [5.74, 6) is -5.23. The van der Waals surface area contributed by atoms with Gasteiger partial charge in [0, 0.05) is 13.6 Å². The second kappa shape index (κ2) is 15.9. The minimum absolute atomic E-state index is 0.101. The van der Waals surface area contributed by atoms with Crippen LogP contribution in [0.3, 0.4) is 0 Å². The summed E-state index contributed by atoms with van der Waals surface area (Å²) in [5, 5.41) is 9.36. The quantitative estimate of drug-likeness (QED) is 0.194. The van der Waals surface area contributed by atoms with Gasteiger partial charge in [0.2, 0.25) is 18.1 Å². The highest BCUT2D eigenvalue weighted by Crippen LogP contribution is 2.42. The SMILES string of the molecule is CCn1ncc(F)c1C(=O)NC(C(=O)Nc1ccc(C(C)C(=O)N(C)C(F)C(F)F)cc1F)C(C1CCCCC1)C1CCCCC1. The van der Waals surface area contributed by atoms with E-state index in [9.17, 15) is 31.9 Å². The number of carbonyl (C=O) groups is 3. The second-order valence-electron chi connectivity index (χ2n) is 12.6. The standard InChI is InChI=1S/C33H44F5N5O3/c1-4-43-28(24(35)18-39-43)32(45)41-27(26(20-11-7-5-8-12-20)21-13-9-6-10-14-21)31(44)40-25-16-15-22(17-23(25)34)19(2)33(46)42(3)30(38)29(36)37/h15-21,26-27,29-30H,4-14H2,1-3H3,(H,40,44)(H,41,45). The van der Waals surface area contributed by atoms with Gasteiger partial charge in [0.15, 0.2) is 11.5 Å². The van der Waals surface area contributed by atoms with E-state index in [0.717, 1.165) is 83.5 Å². The number of benzene rings is 1. The Morgan fingerprint density at radius 2 is 1.54 bits per heavy atom. The minimum Gasteiger partial charge on any atom is -0.339 e. The molecule has 4 rings (SSSR count). The van der Waals surface area contributed by atoms with Crippen molar-refractivity contribution in [1.82, 2.24) is 20.0 Å². The van der Waals surface area contributed by atoms with E-state index in [-0.39, 0.29) is 46.1 Å². The van der Waals surface area contributed by atoms with Gasteiger partial charge in [-0.25, -0.2) is 22.0 Å². The maximum atomic E-state index is 15.5. The fraction of sp³-hybridized carbons (Fsp3) is 0.636. The Kier molecular flexibility index (Phi) is 12.2. The molecular formula is C33H44F5N5O3. The summed E-state index contributed by atoms with van der Waals surface area (Å²) in [6.07, 6.45) is 4.44. The number of nitrogens with zero attached hydrogens (tertiary/aromatic N) is 3. The Labute approximate surface area is 266 Å².